The van der Waals surface area contributed by atoms with Crippen LogP contribution in [0, 0.1) is 0 Å². The van der Waals surface area contributed by atoms with Crippen molar-refractivity contribution < 1.29 is 5.11 Å². The van der Waals surface area contributed by atoms with Gasteiger partial charge in [0.2, 0.25) is 0 Å². The first-order valence-corrected chi connectivity index (χ1v) is 7.26. The number of rotatable bonds is 4. The van der Waals surface area contributed by atoms with Gasteiger partial charge in [-0.25, -0.2) is 0 Å². The van der Waals surface area contributed by atoms with E-state index in [1.54, 1.807) is 12.3 Å². The maximum absolute atomic E-state index is 10.3. The van der Waals surface area contributed by atoms with Crippen LogP contribution in [0.2, 0.25) is 4.34 Å². The number of hydrogen-bond acceptors (Lipinski definition) is 3. The first-order chi connectivity index (χ1) is 8.13. The van der Waals surface area contributed by atoms with Gasteiger partial charge >= 0.3 is 0 Å². The molecule has 0 aliphatic carbocycles. The third kappa shape index (κ3) is 2.73. The van der Waals surface area contributed by atoms with E-state index < -0.39 is 6.10 Å². The smallest absolute Gasteiger partial charge is 0.131 e. The zero-order valence-corrected chi connectivity index (χ0v) is 12.4. The van der Waals surface area contributed by atoms with Crippen LogP contribution in [-0.2, 0) is 6.54 Å². The van der Waals surface area contributed by atoms with E-state index in [0.717, 1.165) is 28.0 Å². The Balaban J connectivity index is 2.35. The highest BCUT2D eigenvalue weighted by Gasteiger charge is 2.20. The highest BCUT2D eigenvalue weighted by Crippen LogP contribution is 2.34. The van der Waals surface area contributed by atoms with Crippen LogP contribution in [0.3, 0.4) is 0 Å². The van der Waals surface area contributed by atoms with Crippen LogP contribution in [0.25, 0.3) is 0 Å². The fraction of sp³-hybridized carbons (Fsp3) is 0.364. The van der Waals surface area contributed by atoms with Crippen LogP contribution in [0.1, 0.15) is 30.0 Å². The number of aliphatic hydroxyl groups excluding tert-OH is 1. The van der Waals surface area contributed by atoms with E-state index in [4.69, 9.17) is 11.6 Å². The molecule has 0 aliphatic heterocycles. The summed E-state index contributed by atoms with van der Waals surface area (Å²) in [7, 11) is 0. The number of aliphatic hydroxyl groups is 1. The lowest BCUT2D eigenvalue weighted by Crippen LogP contribution is -2.09. The molecule has 17 heavy (non-hydrogen) atoms. The molecular weight excluding hydrogens is 324 g/mol. The van der Waals surface area contributed by atoms with Crippen molar-refractivity contribution in [2.45, 2.75) is 26.0 Å². The average Bonchev–Trinajstić information content (AvgIpc) is 2.86. The molecule has 0 radical (unpaired) electrons. The number of hydrogen-bond donors (Lipinski definition) is 1. The van der Waals surface area contributed by atoms with Crippen molar-refractivity contribution >= 4 is 38.9 Å². The summed E-state index contributed by atoms with van der Waals surface area (Å²) in [6.45, 7) is 2.87. The summed E-state index contributed by atoms with van der Waals surface area (Å²) in [5, 5.41) is 14.6. The fourth-order valence-corrected chi connectivity index (χ4v) is 3.21. The number of nitrogens with zero attached hydrogens (tertiary/aromatic N) is 2. The Hall–Kier alpha value is -0.360. The Morgan fingerprint density at radius 1 is 1.59 bits per heavy atom. The molecule has 0 aromatic carbocycles. The molecular formula is C11H12BrClN2OS. The fourth-order valence-electron chi connectivity index (χ4n) is 1.64. The highest BCUT2D eigenvalue weighted by atomic mass is 79.9. The van der Waals surface area contributed by atoms with Gasteiger partial charge in [-0.3, -0.25) is 4.68 Å². The minimum absolute atomic E-state index is 0.678. The van der Waals surface area contributed by atoms with E-state index in [1.807, 2.05) is 10.7 Å². The standard InChI is InChI=1S/C11H12BrClN2OS/c1-2-5-15-10(7(12)6-14-15)11(16)8-3-4-9(13)17-8/h3-4,6,11,16H,2,5H2,1H3. The second-order valence-electron chi connectivity index (χ2n) is 3.65. The van der Waals surface area contributed by atoms with Gasteiger partial charge in [0.15, 0.2) is 0 Å². The lowest BCUT2D eigenvalue weighted by Gasteiger charge is -2.12. The number of thiophene rings is 1. The van der Waals surface area contributed by atoms with Crippen LogP contribution in [0.5, 0.6) is 0 Å². The Kier molecular flexibility index (Phi) is 4.25. The maximum Gasteiger partial charge on any atom is 0.131 e. The van der Waals surface area contributed by atoms with Crippen molar-refractivity contribution in [3.8, 4) is 0 Å². The SMILES string of the molecule is CCCn1ncc(Br)c1C(O)c1ccc(Cl)s1. The average molecular weight is 336 g/mol. The zero-order valence-electron chi connectivity index (χ0n) is 9.23. The Morgan fingerprint density at radius 2 is 2.35 bits per heavy atom. The van der Waals surface area contributed by atoms with Gasteiger partial charge in [0.1, 0.15) is 6.10 Å². The zero-order chi connectivity index (χ0) is 12.4. The van der Waals surface area contributed by atoms with Gasteiger partial charge in [-0.2, -0.15) is 5.10 Å². The molecule has 1 N–H and O–H groups in total. The van der Waals surface area contributed by atoms with Crippen LogP contribution in [0.4, 0.5) is 0 Å². The molecule has 0 fully saturated rings. The maximum atomic E-state index is 10.3. The van der Waals surface area contributed by atoms with E-state index >= 15 is 0 Å². The number of aryl methyl sites for hydroxylation is 1. The van der Waals surface area contributed by atoms with E-state index in [9.17, 15) is 5.11 Å². The Morgan fingerprint density at radius 3 is 2.94 bits per heavy atom. The topological polar surface area (TPSA) is 38.0 Å². The van der Waals surface area contributed by atoms with Gasteiger partial charge in [0, 0.05) is 11.4 Å². The van der Waals surface area contributed by atoms with Crippen molar-refractivity contribution in [1.29, 1.82) is 0 Å². The first-order valence-electron chi connectivity index (χ1n) is 5.28. The van der Waals surface area contributed by atoms with Gasteiger partial charge in [-0.15, -0.1) is 11.3 Å². The molecule has 1 atom stereocenters. The van der Waals surface area contributed by atoms with Crippen molar-refractivity contribution in [1.82, 2.24) is 9.78 Å². The summed E-state index contributed by atoms with van der Waals surface area (Å²) in [5.41, 5.74) is 0.783. The first kappa shape index (κ1) is 13.1. The molecule has 2 aromatic rings. The minimum atomic E-state index is -0.684. The summed E-state index contributed by atoms with van der Waals surface area (Å²) in [6.07, 6.45) is 2.00. The molecule has 6 heteroatoms. The molecule has 0 bridgehead atoms. The molecule has 3 nitrogen and oxygen atoms in total. The van der Waals surface area contributed by atoms with Crippen LogP contribution < -0.4 is 0 Å². The second-order valence-corrected chi connectivity index (χ2v) is 6.25. The van der Waals surface area contributed by atoms with E-state index in [2.05, 4.69) is 28.0 Å². The van der Waals surface area contributed by atoms with Gasteiger partial charge < -0.3 is 5.11 Å². The van der Waals surface area contributed by atoms with Crippen molar-refractivity contribution in [2.75, 3.05) is 0 Å². The van der Waals surface area contributed by atoms with Crippen molar-refractivity contribution in [3.05, 3.63) is 37.7 Å². The van der Waals surface area contributed by atoms with Gasteiger partial charge in [0.05, 0.1) is 20.7 Å². The summed E-state index contributed by atoms with van der Waals surface area (Å²) in [4.78, 5) is 0.827. The molecule has 0 saturated carbocycles. The third-order valence-corrected chi connectivity index (χ3v) is 4.29. The van der Waals surface area contributed by atoms with E-state index in [0.29, 0.717) is 4.34 Å². The summed E-state index contributed by atoms with van der Waals surface area (Å²) >= 11 is 10.7. The van der Waals surface area contributed by atoms with Crippen molar-refractivity contribution in [3.63, 3.8) is 0 Å². The number of aromatic nitrogens is 2. The van der Waals surface area contributed by atoms with Crippen LogP contribution in [0.15, 0.2) is 22.8 Å². The molecule has 2 aromatic heterocycles. The van der Waals surface area contributed by atoms with Crippen molar-refractivity contribution in [2.24, 2.45) is 0 Å². The predicted molar refractivity (Wildman–Crippen MR) is 73.6 cm³/mol. The Labute approximate surface area is 117 Å². The third-order valence-electron chi connectivity index (χ3n) is 2.39. The molecule has 0 saturated heterocycles. The quantitative estimate of drug-likeness (QED) is 0.921. The van der Waals surface area contributed by atoms with Gasteiger partial charge in [-0.05, 0) is 34.5 Å². The molecule has 1 unspecified atom stereocenters. The lowest BCUT2D eigenvalue weighted by atomic mass is 10.2. The van der Waals surface area contributed by atoms with Crippen LogP contribution >= 0.6 is 38.9 Å². The summed E-state index contributed by atoms with van der Waals surface area (Å²) < 4.78 is 3.32. The Bertz CT molecular complexity index is 511. The van der Waals surface area contributed by atoms with Gasteiger partial charge in [0.25, 0.3) is 0 Å². The van der Waals surface area contributed by atoms with Gasteiger partial charge in [-0.1, -0.05) is 18.5 Å². The lowest BCUT2D eigenvalue weighted by molar-refractivity contribution is 0.210. The predicted octanol–water partition coefficient (Wildman–Crippen LogP) is 3.85. The van der Waals surface area contributed by atoms with Crippen LogP contribution in [-0.4, -0.2) is 14.9 Å². The van der Waals surface area contributed by atoms with E-state index in [-0.39, 0.29) is 0 Å². The largest absolute Gasteiger partial charge is 0.381 e. The molecule has 0 spiro atoms. The van der Waals surface area contributed by atoms with E-state index in [1.165, 1.54) is 11.3 Å². The monoisotopic (exact) mass is 334 g/mol. The summed E-state index contributed by atoms with van der Waals surface area (Å²) in [6, 6.07) is 3.63. The highest BCUT2D eigenvalue weighted by molar-refractivity contribution is 9.10. The molecule has 92 valence electrons. The molecule has 0 amide bonds. The second kappa shape index (κ2) is 5.52. The summed E-state index contributed by atoms with van der Waals surface area (Å²) in [5.74, 6) is 0. The minimum Gasteiger partial charge on any atom is -0.381 e. The molecule has 0 aliphatic rings. The normalized spacial score (nSPS) is 12.9. The molecule has 2 heterocycles. The molecule has 2 rings (SSSR count). The number of halogens is 2.